The molecular formula is C27H30Cl2N4O3S. The van der Waals surface area contributed by atoms with Crippen molar-refractivity contribution in [1.82, 2.24) is 10.3 Å². The minimum Gasteiger partial charge on any atom is -0.504 e. The van der Waals surface area contributed by atoms with Crippen molar-refractivity contribution in [2.24, 2.45) is 0 Å². The molecule has 0 saturated carbocycles. The Morgan fingerprint density at radius 2 is 1.57 bits per heavy atom. The molecule has 7 nitrogen and oxygen atoms in total. The molecule has 4 rings (SSSR count). The van der Waals surface area contributed by atoms with Gasteiger partial charge in [-0.2, -0.15) is 0 Å². The molecule has 0 saturated heterocycles. The Morgan fingerprint density at radius 3 is 2.32 bits per heavy atom. The summed E-state index contributed by atoms with van der Waals surface area (Å²) in [6, 6.07) is 22.6. The van der Waals surface area contributed by atoms with Crippen molar-refractivity contribution in [3.8, 4) is 11.5 Å². The Balaban J connectivity index is 0.00000241. The second kappa shape index (κ2) is 15.1. The fourth-order valence-corrected chi connectivity index (χ4v) is 4.31. The topological polar surface area (TPSA) is 107 Å². The highest BCUT2D eigenvalue weighted by molar-refractivity contribution is 7.13. The lowest BCUT2D eigenvalue weighted by molar-refractivity contribution is -0.115. The van der Waals surface area contributed by atoms with Crippen LogP contribution in [-0.4, -0.2) is 34.2 Å². The number of rotatable bonds is 11. The molecule has 1 amide bonds. The number of aromatic nitrogens is 1. The number of carbonyl (C=O) groups is 1. The summed E-state index contributed by atoms with van der Waals surface area (Å²) < 4.78 is 0. The number of thiazole rings is 1. The van der Waals surface area contributed by atoms with Gasteiger partial charge in [0.15, 0.2) is 16.6 Å². The normalized spacial score (nSPS) is 10.2. The van der Waals surface area contributed by atoms with E-state index >= 15 is 0 Å². The molecule has 10 heteroatoms. The van der Waals surface area contributed by atoms with E-state index in [1.54, 1.807) is 12.1 Å². The average Bonchev–Trinajstić information content (AvgIpc) is 3.29. The molecule has 0 aliphatic carbocycles. The van der Waals surface area contributed by atoms with Crippen molar-refractivity contribution in [3.05, 3.63) is 95.0 Å². The summed E-state index contributed by atoms with van der Waals surface area (Å²) >= 11 is 1.47. The van der Waals surface area contributed by atoms with Crippen LogP contribution in [-0.2, 0) is 24.1 Å². The van der Waals surface area contributed by atoms with Gasteiger partial charge in [0.05, 0.1) is 12.1 Å². The van der Waals surface area contributed by atoms with Gasteiger partial charge in [0.1, 0.15) is 0 Å². The van der Waals surface area contributed by atoms with Crippen LogP contribution in [0.2, 0.25) is 0 Å². The number of carbonyl (C=O) groups excluding carboxylic acids is 1. The number of para-hydroxylation sites is 2. The molecule has 0 fully saturated rings. The first-order valence-corrected chi connectivity index (χ1v) is 12.3. The highest BCUT2D eigenvalue weighted by Crippen LogP contribution is 2.28. The number of benzene rings is 3. The molecular weight excluding hydrogens is 531 g/mol. The first-order valence-electron chi connectivity index (χ1n) is 11.4. The summed E-state index contributed by atoms with van der Waals surface area (Å²) in [5.74, 6) is -0.247. The lowest BCUT2D eigenvalue weighted by atomic mass is 10.1. The molecule has 4 aromatic rings. The number of halogens is 2. The monoisotopic (exact) mass is 560 g/mol. The Bertz CT molecular complexity index is 1250. The average molecular weight is 562 g/mol. The minimum atomic E-state index is -0.105. The molecule has 196 valence electrons. The predicted octanol–water partition coefficient (Wildman–Crippen LogP) is 5.70. The maximum Gasteiger partial charge on any atom is 0.230 e. The number of hydrogen-bond acceptors (Lipinski definition) is 7. The van der Waals surface area contributed by atoms with Crippen LogP contribution in [0.3, 0.4) is 0 Å². The van der Waals surface area contributed by atoms with Gasteiger partial charge in [0.25, 0.3) is 0 Å². The van der Waals surface area contributed by atoms with Crippen LogP contribution >= 0.6 is 36.2 Å². The highest BCUT2D eigenvalue weighted by atomic mass is 35.5. The Kier molecular flexibility index (Phi) is 12.2. The number of aromatic hydroxyl groups is 2. The van der Waals surface area contributed by atoms with Gasteiger partial charge < -0.3 is 26.2 Å². The van der Waals surface area contributed by atoms with E-state index in [2.05, 4.69) is 20.9 Å². The zero-order valence-electron chi connectivity index (χ0n) is 20.0. The molecule has 0 atom stereocenters. The molecule has 0 unspecified atom stereocenters. The third-order valence-electron chi connectivity index (χ3n) is 5.42. The summed E-state index contributed by atoms with van der Waals surface area (Å²) in [7, 11) is 0. The van der Waals surface area contributed by atoms with E-state index in [1.807, 2.05) is 60.0 Å². The predicted molar refractivity (Wildman–Crippen MR) is 155 cm³/mol. The molecule has 5 N–H and O–H groups in total. The second-order valence-electron chi connectivity index (χ2n) is 8.09. The number of phenols is 2. The standard InChI is InChI=1S/C27H28N4O3S.2ClH/c32-24-8-4-5-20(26(24)34)14-16-28-15-13-19-9-11-22(12-10-19)29-25(33)17-23-18-35-27(31-23)30-21-6-2-1-3-7-21;;/h1-12,18,28,32,34H,13-17H2,(H,29,33)(H,30,31);2*1H. The van der Waals surface area contributed by atoms with Gasteiger partial charge in [0.2, 0.25) is 5.91 Å². The summed E-state index contributed by atoms with van der Waals surface area (Å²) in [6.45, 7) is 1.48. The molecule has 0 radical (unpaired) electrons. The lowest BCUT2D eigenvalue weighted by Crippen LogP contribution is -2.20. The van der Waals surface area contributed by atoms with E-state index in [1.165, 1.54) is 17.4 Å². The van der Waals surface area contributed by atoms with E-state index in [4.69, 9.17) is 0 Å². The van der Waals surface area contributed by atoms with Gasteiger partial charge in [-0.05, 0) is 67.4 Å². The van der Waals surface area contributed by atoms with Crippen LogP contribution in [0.15, 0.2) is 78.2 Å². The number of nitrogens with zero attached hydrogens (tertiary/aromatic N) is 1. The quantitative estimate of drug-likeness (QED) is 0.119. The summed E-state index contributed by atoms with van der Waals surface area (Å²) in [5.41, 5.74) is 4.33. The molecule has 0 aliphatic rings. The fourth-order valence-electron chi connectivity index (χ4n) is 3.58. The van der Waals surface area contributed by atoms with E-state index in [0.29, 0.717) is 13.0 Å². The first kappa shape index (κ1) is 29.9. The van der Waals surface area contributed by atoms with Crippen molar-refractivity contribution in [2.75, 3.05) is 23.7 Å². The van der Waals surface area contributed by atoms with Crippen LogP contribution in [0.25, 0.3) is 0 Å². The van der Waals surface area contributed by atoms with Gasteiger partial charge in [-0.3, -0.25) is 4.79 Å². The SMILES string of the molecule is Cl.Cl.O=C(Cc1csc(Nc2ccccc2)n1)Nc1ccc(CCNCCc2cccc(O)c2O)cc1. The molecule has 37 heavy (non-hydrogen) atoms. The largest absolute Gasteiger partial charge is 0.504 e. The maximum absolute atomic E-state index is 12.4. The van der Waals surface area contributed by atoms with E-state index in [0.717, 1.165) is 46.3 Å². The van der Waals surface area contributed by atoms with Crippen molar-refractivity contribution in [3.63, 3.8) is 0 Å². The Hall–Kier alpha value is -3.30. The number of phenolic OH excluding ortho intramolecular Hbond substituents is 2. The smallest absolute Gasteiger partial charge is 0.230 e. The van der Waals surface area contributed by atoms with Gasteiger partial charge in [-0.15, -0.1) is 36.2 Å². The van der Waals surface area contributed by atoms with Gasteiger partial charge in [-0.25, -0.2) is 4.98 Å². The molecule has 0 spiro atoms. The summed E-state index contributed by atoms with van der Waals surface area (Å²) in [5, 5.41) is 31.6. The van der Waals surface area contributed by atoms with Gasteiger partial charge in [-0.1, -0.05) is 42.5 Å². The van der Waals surface area contributed by atoms with Crippen molar-refractivity contribution < 1.29 is 15.0 Å². The van der Waals surface area contributed by atoms with E-state index in [9.17, 15) is 15.0 Å². The molecule has 1 aromatic heterocycles. The minimum absolute atomic E-state index is 0. The second-order valence-corrected chi connectivity index (χ2v) is 8.95. The van der Waals surface area contributed by atoms with Crippen LogP contribution in [0.1, 0.15) is 16.8 Å². The molecule has 1 heterocycles. The maximum atomic E-state index is 12.4. The zero-order chi connectivity index (χ0) is 24.5. The van der Waals surface area contributed by atoms with Crippen molar-refractivity contribution in [1.29, 1.82) is 0 Å². The third-order valence-corrected chi connectivity index (χ3v) is 6.22. The first-order chi connectivity index (χ1) is 17.1. The van der Waals surface area contributed by atoms with Gasteiger partial charge >= 0.3 is 0 Å². The number of hydrogen-bond donors (Lipinski definition) is 5. The fraction of sp³-hybridized carbons (Fsp3) is 0.185. The molecule has 0 bridgehead atoms. The van der Waals surface area contributed by atoms with Crippen LogP contribution < -0.4 is 16.0 Å². The number of anilines is 3. The lowest BCUT2D eigenvalue weighted by Gasteiger charge is -2.08. The summed E-state index contributed by atoms with van der Waals surface area (Å²) in [4.78, 5) is 16.9. The van der Waals surface area contributed by atoms with Crippen LogP contribution in [0.4, 0.5) is 16.5 Å². The third kappa shape index (κ3) is 9.26. The molecule has 0 aliphatic heterocycles. The van der Waals surface area contributed by atoms with Crippen LogP contribution in [0, 0.1) is 0 Å². The zero-order valence-corrected chi connectivity index (χ0v) is 22.5. The van der Waals surface area contributed by atoms with Gasteiger partial charge in [0, 0.05) is 16.8 Å². The van der Waals surface area contributed by atoms with E-state index in [-0.39, 0.29) is 48.6 Å². The van der Waals surface area contributed by atoms with Crippen molar-refractivity contribution >= 4 is 58.6 Å². The highest BCUT2D eigenvalue weighted by Gasteiger charge is 2.09. The van der Waals surface area contributed by atoms with Crippen molar-refractivity contribution in [2.45, 2.75) is 19.3 Å². The Labute approximate surface area is 232 Å². The molecule has 3 aromatic carbocycles. The number of nitrogens with one attached hydrogen (secondary N) is 3. The van der Waals surface area contributed by atoms with Crippen LogP contribution in [0.5, 0.6) is 11.5 Å². The van der Waals surface area contributed by atoms with E-state index < -0.39 is 0 Å². The Morgan fingerprint density at radius 1 is 0.838 bits per heavy atom. The summed E-state index contributed by atoms with van der Waals surface area (Å²) in [6.07, 6.45) is 1.69. The number of amides is 1.